The number of rotatable bonds is 2. The Hall–Kier alpha value is -1.06. The molecule has 3 rings (SSSR count). The van der Waals surface area contributed by atoms with Crippen LogP contribution in [0.25, 0.3) is 0 Å². The van der Waals surface area contributed by atoms with Crippen molar-refractivity contribution in [2.45, 2.75) is 38.5 Å². The molecule has 0 amide bonds. The first-order valence-electron chi connectivity index (χ1n) is 6.58. The van der Waals surface area contributed by atoms with E-state index in [4.69, 9.17) is 4.74 Å². The van der Waals surface area contributed by atoms with Gasteiger partial charge in [-0.2, -0.15) is 0 Å². The van der Waals surface area contributed by atoms with Crippen LogP contribution >= 0.6 is 0 Å². The van der Waals surface area contributed by atoms with E-state index in [1.54, 1.807) is 0 Å². The zero-order valence-corrected chi connectivity index (χ0v) is 10.2. The number of anilines is 1. The van der Waals surface area contributed by atoms with E-state index in [1.807, 2.05) is 0 Å². The molecule has 3 nitrogen and oxygen atoms in total. The maximum Gasteiger partial charge on any atom is 0.0725 e. The van der Waals surface area contributed by atoms with Crippen molar-refractivity contribution in [1.29, 1.82) is 0 Å². The van der Waals surface area contributed by atoms with E-state index in [0.717, 1.165) is 26.3 Å². The molecule has 0 aliphatic carbocycles. The van der Waals surface area contributed by atoms with Crippen LogP contribution in [-0.2, 0) is 18.0 Å². The van der Waals surface area contributed by atoms with Gasteiger partial charge in [-0.05, 0) is 55.6 Å². The largest absolute Gasteiger partial charge is 0.382 e. The number of hydrogen-bond donors (Lipinski definition) is 2. The molecule has 0 spiro atoms. The summed E-state index contributed by atoms with van der Waals surface area (Å²) in [5.74, 6) is 0. The molecule has 0 saturated carbocycles. The fourth-order valence-electron chi connectivity index (χ4n) is 2.66. The molecule has 2 aliphatic heterocycles. The van der Waals surface area contributed by atoms with Crippen LogP contribution in [0.3, 0.4) is 0 Å². The van der Waals surface area contributed by atoms with E-state index in [-0.39, 0.29) is 0 Å². The fourth-order valence-corrected chi connectivity index (χ4v) is 2.66. The number of nitrogens with one attached hydrogen (secondary N) is 2. The average Bonchev–Trinajstić information content (AvgIpc) is 2.65. The summed E-state index contributed by atoms with van der Waals surface area (Å²) < 4.78 is 5.44. The van der Waals surface area contributed by atoms with Gasteiger partial charge in [0.1, 0.15) is 0 Å². The number of fused-ring (bicyclic) bond motifs is 1. The highest BCUT2D eigenvalue weighted by Crippen LogP contribution is 2.24. The molecule has 2 aliphatic rings. The van der Waals surface area contributed by atoms with Gasteiger partial charge in [0.15, 0.2) is 0 Å². The molecule has 2 N–H and O–H groups in total. The lowest BCUT2D eigenvalue weighted by molar-refractivity contribution is 0.134. The number of ether oxygens (including phenoxy) is 1. The molecule has 1 aromatic carbocycles. The Kier molecular flexibility index (Phi) is 3.29. The first kappa shape index (κ1) is 11.1. The second-order valence-corrected chi connectivity index (χ2v) is 5.00. The Labute approximate surface area is 103 Å². The minimum Gasteiger partial charge on any atom is -0.382 e. The van der Waals surface area contributed by atoms with E-state index >= 15 is 0 Å². The highest BCUT2D eigenvalue weighted by molar-refractivity contribution is 5.49. The molecule has 1 saturated heterocycles. The molecule has 92 valence electrons. The molecule has 0 bridgehead atoms. The van der Waals surface area contributed by atoms with E-state index < -0.39 is 0 Å². The van der Waals surface area contributed by atoms with E-state index in [1.165, 1.54) is 36.1 Å². The normalized spacial score (nSPS) is 24.1. The zero-order valence-electron chi connectivity index (χ0n) is 10.2. The van der Waals surface area contributed by atoms with E-state index in [2.05, 4.69) is 28.8 Å². The van der Waals surface area contributed by atoms with Crippen molar-refractivity contribution in [3.05, 3.63) is 29.3 Å². The van der Waals surface area contributed by atoms with Crippen LogP contribution in [0, 0.1) is 0 Å². The molecule has 1 fully saturated rings. The van der Waals surface area contributed by atoms with Gasteiger partial charge in [-0.25, -0.2) is 0 Å². The van der Waals surface area contributed by atoms with Crippen LogP contribution in [-0.4, -0.2) is 19.1 Å². The molecule has 0 aromatic heterocycles. The van der Waals surface area contributed by atoms with Crippen LogP contribution < -0.4 is 10.6 Å². The Balaban J connectivity index is 1.67. The quantitative estimate of drug-likeness (QED) is 0.820. The minimum atomic E-state index is 0.616. The molecule has 17 heavy (non-hydrogen) atoms. The van der Waals surface area contributed by atoms with Crippen LogP contribution in [0.4, 0.5) is 5.69 Å². The van der Waals surface area contributed by atoms with Crippen LogP contribution in [0.15, 0.2) is 18.2 Å². The Morgan fingerprint density at radius 2 is 2.06 bits per heavy atom. The van der Waals surface area contributed by atoms with Crippen LogP contribution in [0.1, 0.15) is 30.4 Å². The van der Waals surface area contributed by atoms with Crippen LogP contribution in [0.2, 0.25) is 0 Å². The number of hydrogen-bond acceptors (Lipinski definition) is 3. The molecule has 1 atom stereocenters. The van der Waals surface area contributed by atoms with Gasteiger partial charge in [0, 0.05) is 11.7 Å². The van der Waals surface area contributed by atoms with Crippen molar-refractivity contribution in [3.8, 4) is 0 Å². The van der Waals surface area contributed by atoms with Gasteiger partial charge in [0.2, 0.25) is 0 Å². The van der Waals surface area contributed by atoms with Crippen molar-refractivity contribution < 1.29 is 4.74 Å². The van der Waals surface area contributed by atoms with Gasteiger partial charge in [-0.3, -0.25) is 0 Å². The average molecular weight is 232 g/mol. The predicted octanol–water partition coefficient (Wildman–Crippen LogP) is 2.27. The zero-order chi connectivity index (χ0) is 11.5. The van der Waals surface area contributed by atoms with Gasteiger partial charge in [-0.1, -0.05) is 6.07 Å². The van der Waals surface area contributed by atoms with Gasteiger partial charge in [-0.15, -0.1) is 0 Å². The predicted molar refractivity (Wildman–Crippen MR) is 69.1 cm³/mol. The minimum absolute atomic E-state index is 0.616. The summed E-state index contributed by atoms with van der Waals surface area (Å²) in [6.45, 7) is 3.85. The molecular formula is C14H20N2O. The summed E-state index contributed by atoms with van der Waals surface area (Å²) in [6, 6.07) is 7.25. The topological polar surface area (TPSA) is 33.3 Å². The third-order valence-electron chi connectivity index (χ3n) is 3.67. The lowest BCUT2D eigenvalue weighted by Crippen LogP contribution is -2.21. The van der Waals surface area contributed by atoms with Crippen molar-refractivity contribution in [3.63, 3.8) is 0 Å². The Morgan fingerprint density at radius 1 is 1.12 bits per heavy atom. The highest BCUT2D eigenvalue weighted by atomic mass is 16.5. The van der Waals surface area contributed by atoms with Crippen LogP contribution in [0.5, 0.6) is 0 Å². The Morgan fingerprint density at radius 3 is 3.06 bits per heavy atom. The standard InChI is InChI=1S/C14H20N2O/c1-2-13(5-7-15-6-1)16-14-4-3-11-9-17-10-12(11)8-14/h3-4,8,13,15-16H,1-2,5-7,9-10H2. The molecule has 1 unspecified atom stereocenters. The summed E-state index contributed by atoms with van der Waals surface area (Å²) in [4.78, 5) is 0. The monoisotopic (exact) mass is 232 g/mol. The second-order valence-electron chi connectivity index (χ2n) is 5.00. The van der Waals surface area contributed by atoms with Gasteiger partial charge in [0.25, 0.3) is 0 Å². The molecule has 2 heterocycles. The summed E-state index contributed by atoms with van der Waals surface area (Å²) >= 11 is 0. The molecule has 0 radical (unpaired) electrons. The lowest BCUT2D eigenvalue weighted by atomic mass is 10.1. The molecular weight excluding hydrogens is 212 g/mol. The smallest absolute Gasteiger partial charge is 0.0725 e. The first-order valence-corrected chi connectivity index (χ1v) is 6.58. The second kappa shape index (κ2) is 5.07. The van der Waals surface area contributed by atoms with E-state index in [0.29, 0.717) is 6.04 Å². The maximum atomic E-state index is 5.44. The molecule has 1 aromatic rings. The van der Waals surface area contributed by atoms with E-state index in [9.17, 15) is 0 Å². The van der Waals surface area contributed by atoms with Gasteiger partial charge >= 0.3 is 0 Å². The van der Waals surface area contributed by atoms with Crippen molar-refractivity contribution >= 4 is 5.69 Å². The summed E-state index contributed by atoms with van der Waals surface area (Å²) in [5, 5.41) is 7.10. The lowest BCUT2D eigenvalue weighted by Gasteiger charge is -2.17. The van der Waals surface area contributed by atoms with Crippen molar-refractivity contribution in [2.24, 2.45) is 0 Å². The third-order valence-corrected chi connectivity index (χ3v) is 3.67. The Bertz CT molecular complexity index is 384. The highest BCUT2D eigenvalue weighted by Gasteiger charge is 2.14. The fraction of sp³-hybridized carbons (Fsp3) is 0.571. The van der Waals surface area contributed by atoms with Gasteiger partial charge in [0.05, 0.1) is 13.2 Å². The molecule has 3 heteroatoms. The number of benzene rings is 1. The first-order chi connectivity index (χ1) is 8.42. The SMILES string of the molecule is c1cc2c(cc1NC1CCCNCC1)COC2. The summed E-state index contributed by atoms with van der Waals surface area (Å²) in [7, 11) is 0. The maximum absolute atomic E-state index is 5.44. The summed E-state index contributed by atoms with van der Waals surface area (Å²) in [5.41, 5.74) is 3.95. The van der Waals surface area contributed by atoms with Gasteiger partial charge < -0.3 is 15.4 Å². The van der Waals surface area contributed by atoms with Crippen molar-refractivity contribution in [1.82, 2.24) is 5.32 Å². The van der Waals surface area contributed by atoms with Crippen molar-refractivity contribution in [2.75, 3.05) is 18.4 Å². The summed E-state index contributed by atoms with van der Waals surface area (Å²) in [6.07, 6.45) is 3.75. The third kappa shape index (κ3) is 2.61.